The molecule has 1 aromatic heterocycles. The van der Waals surface area contributed by atoms with Crippen LogP contribution in [0.25, 0.3) is 0 Å². The van der Waals surface area contributed by atoms with Gasteiger partial charge in [0.05, 0.1) is 12.3 Å². The summed E-state index contributed by atoms with van der Waals surface area (Å²) in [7, 11) is 0. The van der Waals surface area contributed by atoms with Crippen LogP contribution in [-0.4, -0.2) is 31.3 Å². The van der Waals surface area contributed by atoms with E-state index in [1.54, 1.807) is 0 Å². The van der Waals surface area contributed by atoms with Crippen LogP contribution in [0.15, 0.2) is 10.7 Å². The highest BCUT2D eigenvalue weighted by Crippen LogP contribution is 2.25. The van der Waals surface area contributed by atoms with Gasteiger partial charge in [0.1, 0.15) is 6.26 Å². The molecule has 0 saturated carbocycles. The van der Waals surface area contributed by atoms with Gasteiger partial charge < -0.3 is 14.5 Å². The van der Waals surface area contributed by atoms with Crippen molar-refractivity contribution in [2.75, 3.05) is 26.3 Å². The number of nitrogens with one attached hydrogen (secondary N) is 1. The van der Waals surface area contributed by atoms with E-state index in [9.17, 15) is 0 Å². The molecule has 0 amide bonds. The monoisotopic (exact) mass is 236 g/mol. The Bertz CT molecular complexity index is 352. The molecule has 2 aliphatic heterocycles. The Morgan fingerprint density at radius 1 is 1.41 bits per heavy atom. The second-order valence-corrected chi connectivity index (χ2v) is 5.14. The van der Waals surface area contributed by atoms with Crippen LogP contribution >= 0.6 is 0 Å². The molecule has 0 bridgehead atoms. The van der Waals surface area contributed by atoms with Crippen LogP contribution in [0.1, 0.15) is 36.8 Å². The SMILES string of the molecule is c1oc(CC2CCNC2)nc1C1CCCOC1. The van der Waals surface area contributed by atoms with E-state index in [2.05, 4.69) is 10.3 Å². The van der Waals surface area contributed by atoms with Gasteiger partial charge in [-0.05, 0) is 38.3 Å². The lowest BCUT2D eigenvalue weighted by Crippen LogP contribution is -2.16. The van der Waals surface area contributed by atoms with Crippen LogP contribution in [0.5, 0.6) is 0 Å². The Balaban J connectivity index is 1.60. The molecule has 3 rings (SSSR count). The van der Waals surface area contributed by atoms with Gasteiger partial charge in [0, 0.05) is 18.9 Å². The zero-order valence-electron chi connectivity index (χ0n) is 10.2. The summed E-state index contributed by atoms with van der Waals surface area (Å²) in [4.78, 5) is 4.62. The molecular formula is C13H20N2O2. The summed E-state index contributed by atoms with van der Waals surface area (Å²) < 4.78 is 11.1. The number of hydrogen-bond acceptors (Lipinski definition) is 4. The maximum absolute atomic E-state index is 5.59. The van der Waals surface area contributed by atoms with E-state index in [0.29, 0.717) is 11.8 Å². The zero-order valence-corrected chi connectivity index (χ0v) is 10.2. The van der Waals surface area contributed by atoms with Crippen molar-refractivity contribution in [3.05, 3.63) is 17.8 Å². The van der Waals surface area contributed by atoms with E-state index in [1.807, 2.05) is 6.26 Å². The van der Waals surface area contributed by atoms with Gasteiger partial charge in [-0.2, -0.15) is 0 Å². The van der Waals surface area contributed by atoms with Gasteiger partial charge in [-0.1, -0.05) is 0 Å². The highest BCUT2D eigenvalue weighted by atomic mass is 16.5. The fraction of sp³-hybridized carbons (Fsp3) is 0.769. The second kappa shape index (κ2) is 5.19. The van der Waals surface area contributed by atoms with Gasteiger partial charge in [0.2, 0.25) is 0 Å². The molecule has 2 aliphatic rings. The van der Waals surface area contributed by atoms with Crippen molar-refractivity contribution in [2.45, 2.75) is 31.6 Å². The van der Waals surface area contributed by atoms with Crippen molar-refractivity contribution in [1.82, 2.24) is 10.3 Å². The quantitative estimate of drug-likeness (QED) is 0.868. The van der Waals surface area contributed by atoms with Crippen molar-refractivity contribution >= 4 is 0 Å². The van der Waals surface area contributed by atoms with Gasteiger partial charge in [-0.3, -0.25) is 0 Å². The Hall–Kier alpha value is -0.870. The highest BCUT2D eigenvalue weighted by molar-refractivity contribution is 5.05. The number of hydrogen-bond donors (Lipinski definition) is 1. The minimum Gasteiger partial charge on any atom is -0.449 e. The minimum atomic E-state index is 0.447. The first kappa shape index (κ1) is 11.2. The molecule has 0 spiro atoms. The van der Waals surface area contributed by atoms with Crippen LogP contribution in [0.4, 0.5) is 0 Å². The lowest BCUT2D eigenvalue weighted by atomic mass is 9.99. The third-order valence-electron chi connectivity index (χ3n) is 3.77. The summed E-state index contributed by atoms with van der Waals surface area (Å²) in [5.41, 5.74) is 1.09. The largest absolute Gasteiger partial charge is 0.449 e. The number of oxazole rings is 1. The van der Waals surface area contributed by atoms with Crippen LogP contribution in [-0.2, 0) is 11.2 Å². The Morgan fingerprint density at radius 3 is 3.18 bits per heavy atom. The van der Waals surface area contributed by atoms with E-state index in [0.717, 1.165) is 50.7 Å². The first-order chi connectivity index (χ1) is 8.42. The van der Waals surface area contributed by atoms with Gasteiger partial charge in [0.25, 0.3) is 0 Å². The van der Waals surface area contributed by atoms with Gasteiger partial charge in [-0.25, -0.2) is 4.98 Å². The lowest BCUT2D eigenvalue weighted by molar-refractivity contribution is 0.0792. The topological polar surface area (TPSA) is 47.3 Å². The molecule has 2 atom stereocenters. The number of aromatic nitrogens is 1. The Kier molecular flexibility index (Phi) is 3.43. The summed E-state index contributed by atoms with van der Waals surface area (Å²) in [5.74, 6) is 2.05. The van der Waals surface area contributed by atoms with Crippen LogP contribution in [0, 0.1) is 5.92 Å². The molecule has 1 N–H and O–H groups in total. The highest BCUT2D eigenvalue weighted by Gasteiger charge is 2.22. The molecule has 0 radical (unpaired) electrons. The Labute approximate surface area is 102 Å². The van der Waals surface area contributed by atoms with E-state index < -0.39 is 0 Å². The molecule has 2 unspecified atom stereocenters. The summed E-state index contributed by atoms with van der Waals surface area (Å²) >= 11 is 0. The first-order valence-electron chi connectivity index (χ1n) is 6.64. The molecule has 1 aromatic rings. The predicted octanol–water partition coefficient (Wildman–Crippen LogP) is 1.72. The molecule has 0 aromatic carbocycles. The molecule has 4 heteroatoms. The molecule has 17 heavy (non-hydrogen) atoms. The van der Waals surface area contributed by atoms with Crippen molar-refractivity contribution in [3.8, 4) is 0 Å². The molecule has 94 valence electrons. The van der Waals surface area contributed by atoms with E-state index in [-0.39, 0.29) is 0 Å². The van der Waals surface area contributed by atoms with Crippen molar-refractivity contribution in [1.29, 1.82) is 0 Å². The zero-order chi connectivity index (χ0) is 11.5. The van der Waals surface area contributed by atoms with Gasteiger partial charge in [0.15, 0.2) is 5.89 Å². The van der Waals surface area contributed by atoms with Gasteiger partial charge in [-0.15, -0.1) is 0 Å². The fourth-order valence-corrected chi connectivity index (χ4v) is 2.72. The normalized spacial score (nSPS) is 29.6. The lowest BCUT2D eigenvalue weighted by Gasteiger charge is -2.19. The molecule has 3 heterocycles. The molecule has 2 fully saturated rings. The van der Waals surface area contributed by atoms with Crippen molar-refractivity contribution in [2.24, 2.45) is 5.92 Å². The number of nitrogens with zero attached hydrogens (tertiary/aromatic N) is 1. The Morgan fingerprint density at radius 2 is 2.41 bits per heavy atom. The first-order valence-corrected chi connectivity index (χ1v) is 6.64. The maximum Gasteiger partial charge on any atom is 0.194 e. The van der Waals surface area contributed by atoms with Crippen LogP contribution in [0.3, 0.4) is 0 Å². The second-order valence-electron chi connectivity index (χ2n) is 5.14. The molecule has 2 saturated heterocycles. The average Bonchev–Trinajstić information content (AvgIpc) is 3.02. The summed E-state index contributed by atoms with van der Waals surface area (Å²) in [5, 5.41) is 3.37. The average molecular weight is 236 g/mol. The minimum absolute atomic E-state index is 0.447. The van der Waals surface area contributed by atoms with E-state index in [4.69, 9.17) is 9.15 Å². The van der Waals surface area contributed by atoms with E-state index in [1.165, 1.54) is 12.8 Å². The third kappa shape index (κ3) is 2.69. The smallest absolute Gasteiger partial charge is 0.194 e. The number of rotatable bonds is 3. The standard InChI is InChI=1S/C13H20N2O2/c1-2-11(8-16-5-1)12-9-17-13(15-12)6-10-3-4-14-7-10/h9-11,14H,1-8H2. The number of ether oxygens (including phenoxy) is 1. The van der Waals surface area contributed by atoms with Gasteiger partial charge >= 0.3 is 0 Å². The fourth-order valence-electron chi connectivity index (χ4n) is 2.72. The summed E-state index contributed by atoms with van der Waals surface area (Å²) in [6.45, 7) is 3.94. The maximum atomic E-state index is 5.59. The van der Waals surface area contributed by atoms with Crippen molar-refractivity contribution < 1.29 is 9.15 Å². The predicted molar refractivity (Wildman–Crippen MR) is 64.0 cm³/mol. The van der Waals surface area contributed by atoms with Crippen molar-refractivity contribution in [3.63, 3.8) is 0 Å². The summed E-state index contributed by atoms with van der Waals surface area (Å²) in [6, 6.07) is 0. The van der Waals surface area contributed by atoms with Crippen LogP contribution in [0.2, 0.25) is 0 Å². The third-order valence-corrected chi connectivity index (χ3v) is 3.77. The summed E-state index contributed by atoms with van der Waals surface area (Å²) in [6.07, 6.45) is 6.36. The molecule has 4 nitrogen and oxygen atoms in total. The molecular weight excluding hydrogens is 216 g/mol. The molecule has 0 aliphatic carbocycles. The van der Waals surface area contributed by atoms with E-state index >= 15 is 0 Å². The van der Waals surface area contributed by atoms with Crippen LogP contribution < -0.4 is 5.32 Å².